The first-order valence-corrected chi connectivity index (χ1v) is 17.3. The molecule has 1 heterocycles. The summed E-state index contributed by atoms with van der Waals surface area (Å²) < 4.78 is 0. The predicted molar refractivity (Wildman–Crippen MR) is 200 cm³/mol. The van der Waals surface area contributed by atoms with E-state index in [1.165, 1.54) is 11.8 Å². The molecular formula is C43H35N3O3S. The number of aliphatic carboxylic acids is 1. The maximum absolute atomic E-state index is 12.9. The van der Waals surface area contributed by atoms with Gasteiger partial charge in [-0.25, -0.2) is 4.79 Å². The lowest BCUT2D eigenvalue weighted by molar-refractivity contribution is -0.129. The van der Waals surface area contributed by atoms with Crippen LogP contribution < -0.4 is 10.6 Å². The van der Waals surface area contributed by atoms with Gasteiger partial charge in [-0.2, -0.15) is 0 Å². The number of rotatable bonds is 12. The van der Waals surface area contributed by atoms with Gasteiger partial charge in [-0.1, -0.05) is 199 Å². The van der Waals surface area contributed by atoms with Crippen LogP contribution in [0.15, 0.2) is 198 Å². The van der Waals surface area contributed by atoms with Crippen LogP contribution >= 0.6 is 11.8 Å². The summed E-state index contributed by atoms with van der Waals surface area (Å²) in [5.41, 5.74) is 3.26. The second-order valence-electron chi connectivity index (χ2n) is 11.8. The third kappa shape index (κ3) is 6.32. The molecule has 246 valence electrons. The van der Waals surface area contributed by atoms with Gasteiger partial charge in [0.1, 0.15) is 5.50 Å². The Kier molecular flexibility index (Phi) is 9.60. The third-order valence-corrected chi connectivity index (χ3v) is 9.73. The number of nitrogens with zero attached hydrogens (tertiary/aromatic N) is 1. The molecule has 0 fully saturated rings. The smallest absolute Gasteiger partial charge is 0.360 e. The van der Waals surface area contributed by atoms with Crippen LogP contribution in [0.1, 0.15) is 33.4 Å². The molecule has 0 bridgehead atoms. The Morgan fingerprint density at radius 1 is 0.580 bits per heavy atom. The van der Waals surface area contributed by atoms with Crippen LogP contribution in [0.25, 0.3) is 0 Å². The van der Waals surface area contributed by atoms with Crippen LogP contribution in [0.3, 0.4) is 0 Å². The van der Waals surface area contributed by atoms with E-state index < -0.39 is 22.6 Å². The Hall–Kier alpha value is -5.89. The van der Waals surface area contributed by atoms with E-state index in [1.54, 1.807) is 5.41 Å². The van der Waals surface area contributed by atoms with Crippen molar-refractivity contribution in [1.82, 2.24) is 10.6 Å². The van der Waals surface area contributed by atoms with E-state index >= 15 is 0 Å². The fraction of sp³-hybridized carbons (Fsp3) is 0.0698. The number of hydrogen-bond donors (Lipinski definition) is 3. The van der Waals surface area contributed by atoms with Crippen LogP contribution in [0.2, 0.25) is 0 Å². The van der Waals surface area contributed by atoms with Crippen molar-refractivity contribution in [3.05, 3.63) is 226 Å². The maximum atomic E-state index is 12.9. The summed E-state index contributed by atoms with van der Waals surface area (Å²) in [5, 5.41) is 24.1. The number of hydrogen-bond acceptors (Lipinski definition) is 6. The summed E-state index contributed by atoms with van der Waals surface area (Å²) in [6.45, 7) is 0. The second kappa shape index (κ2) is 14.7. The number of carboxylic acid groups (broad SMARTS) is 1. The SMILES string of the molecule is O=C(O)/C(=N\OC(c1ccccc1)(c1ccccc1)c1ccccc1)C1=CSC(NC(c2ccccc2)(c2ccccc2)c2ccccc2)N1. The van der Waals surface area contributed by atoms with Crippen molar-refractivity contribution in [2.75, 3.05) is 0 Å². The normalized spacial score (nSPS) is 14.8. The van der Waals surface area contributed by atoms with Crippen molar-refractivity contribution in [3.63, 3.8) is 0 Å². The first-order valence-electron chi connectivity index (χ1n) is 16.3. The minimum absolute atomic E-state index is 0.237. The van der Waals surface area contributed by atoms with Crippen molar-refractivity contribution < 1.29 is 14.7 Å². The zero-order chi connectivity index (χ0) is 34.2. The number of carboxylic acids is 1. The lowest BCUT2D eigenvalue weighted by Gasteiger charge is -2.39. The molecule has 6 aromatic rings. The van der Waals surface area contributed by atoms with Gasteiger partial charge in [-0.05, 0) is 16.7 Å². The number of carbonyl (C=O) groups is 1. The Labute approximate surface area is 296 Å². The van der Waals surface area contributed by atoms with Crippen molar-refractivity contribution in [2.24, 2.45) is 5.16 Å². The first kappa shape index (κ1) is 32.6. The highest BCUT2D eigenvalue weighted by Gasteiger charge is 2.42. The van der Waals surface area contributed by atoms with E-state index in [0.717, 1.165) is 33.4 Å². The van der Waals surface area contributed by atoms with Gasteiger partial charge in [-0.3, -0.25) is 5.32 Å². The van der Waals surface area contributed by atoms with Crippen LogP contribution in [0.5, 0.6) is 0 Å². The molecule has 0 amide bonds. The Morgan fingerprint density at radius 3 is 1.26 bits per heavy atom. The van der Waals surface area contributed by atoms with Crippen LogP contribution in [0.4, 0.5) is 0 Å². The maximum Gasteiger partial charge on any atom is 0.360 e. The predicted octanol–water partition coefficient (Wildman–Crippen LogP) is 8.48. The van der Waals surface area contributed by atoms with Gasteiger partial charge in [0.05, 0.1) is 11.2 Å². The molecule has 1 aliphatic rings. The summed E-state index contributed by atoms with van der Waals surface area (Å²) in [7, 11) is 0. The van der Waals surface area contributed by atoms with Gasteiger partial charge in [0.2, 0.25) is 11.3 Å². The molecule has 7 rings (SSSR count). The third-order valence-electron chi connectivity index (χ3n) is 8.85. The first-order chi connectivity index (χ1) is 24.6. The summed E-state index contributed by atoms with van der Waals surface area (Å²) in [4.78, 5) is 19.5. The van der Waals surface area contributed by atoms with Crippen molar-refractivity contribution in [2.45, 2.75) is 16.6 Å². The van der Waals surface area contributed by atoms with Crippen molar-refractivity contribution in [3.8, 4) is 0 Å². The minimum Gasteiger partial charge on any atom is -0.476 e. The highest BCUT2D eigenvalue weighted by Crippen LogP contribution is 2.42. The molecule has 1 aliphatic heterocycles. The zero-order valence-electron chi connectivity index (χ0n) is 27.1. The topological polar surface area (TPSA) is 83.0 Å². The van der Waals surface area contributed by atoms with E-state index in [2.05, 4.69) is 52.2 Å². The van der Waals surface area contributed by atoms with E-state index in [1.807, 2.05) is 146 Å². The molecule has 6 nitrogen and oxygen atoms in total. The Bertz CT molecular complexity index is 1880. The van der Waals surface area contributed by atoms with Crippen molar-refractivity contribution in [1.29, 1.82) is 0 Å². The molecule has 6 aromatic carbocycles. The van der Waals surface area contributed by atoms with Gasteiger partial charge in [0, 0.05) is 22.1 Å². The number of oxime groups is 1. The van der Waals surface area contributed by atoms with Gasteiger partial charge >= 0.3 is 5.97 Å². The second-order valence-corrected chi connectivity index (χ2v) is 12.8. The summed E-state index contributed by atoms with van der Waals surface area (Å²) in [6.07, 6.45) is 0. The Balaban J connectivity index is 1.27. The van der Waals surface area contributed by atoms with E-state index in [0.29, 0.717) is 5.70 Å². The quantitative estimate of drug-likeness (QED) is 0.0687. The standard InChI is InChI=1S/C43H35N3O3S/c47-40(48)39(46-49-43(35-25-13-4-14-26-35,36-27-15-5-16-28-36)37-29-17-6-18-30-37)38-31-50-41(44-38)45-42(32-19-7-1-8-20-32,33-21-9-2-10-22-33)34-23-11-3-12-24-34/h1-31,41,44-45H,(H,47,48)/b46-39-. The summed E-state index contributed by atoms with van der Waals surface area (Å²) >= 11 is 1.45. The van der Waals surface area contributed by atoms with E-state index in [9.17, 15) is 9.90 Å². The minimum atomic E-state index is -1.22. The van der Waals surface area contributed by atoms with Crippen LogP contribution in [0, 0.1) is 0 Å². The number of benzene rings is 6. The molecule has 3 N–H and O–H groups in total. The molecule has 50 heavy (non-hydrogen) atoms. The number of nitrogens with one attached hydrogen (secondary N) is 2. The van der Waals surface area contributed by atoms with Gasteiger partial charge in [-0.15, -0.1) is 0 Å². The molecule has 1 unspecified atom stereocenters. The number of thioether (sulfide) groups is 1. The lowest BCUT2D eigenvalue weighted by Crippen LogP contribution is -2.52. The molecule has 0 spiro atoms. The van der Waals surface area contributed by atoms with Crippen molar-refractivity contribution >= 4 is 23.4 Å². The van der Waals surface area contributed by atoms with Gasteiger partial charge in [0.15, 0.2) is 0 Å². The molecular weight excluding hydrogens is 639 g/mol. The molecule has 7 heteroatoms. The lowest BCUT2D eigenvalue weighted by atomic mass is 9.77. The average Bonchev–Trinajstić information content (AvgIpc) is 3.65. The van der Waals surface area contributed by atoms with E-state index in [-0.39, 0.29) is 5.71 Å². The summed E-state index contributed by atoms with van der Waals surface area (Å²) in [6, 6.07) is 60.1. The Morgan fingerprint density at radius 2 is 0.920 bits per heavy atom. The van der Waals surface area contributed by atoms with Crippen LogP contribution in [-0.4, -0.2) is 22.3 Å². The highest BCUT2D eigenvalue weighted by molar-refractivity contribution is 8.02. The monoisotopic (exact) mass is 673 g/mol. The fourth-order valence-corrected chi connectivity index (χ4v) is 7.44. The highest BCUT2D eigenvalue weighted by atomic mass is 32.2. The molecule has 1 atom stereocenters. The molecule has 0 aliphatic carbocycles. The van der Waals surface area contributed by atoms with E-state index in [4.69, 9.17) is 4.84 Å². The molecule has 0 aromatic heterocycles. The average molecular weight is 674 g/mol. The summed E-state index contributed by atoms with van der Waals surface area (Å²) in [5.74, 6) is -1.21. The molecule has 0 saturated carbocycles. The zero-order valence-corrected chi connectivity index (χ0v) is 27.9. The van der Waals surface area contributed by atoms with Gasteiger partial charge < -0.3 is 15.3 Å². The largest absolute Gasteiger partial charge is 0.476 e. The molecule has 0 saturated heterocycles. The van der Waals surface area contributed by atoms with Gasteiger partial charge in [0.25, 0.3) is 0 Å². The fourth-order valence-electron chi connectivity index (χ4n) is 6.54. The molecule has 0 radical (unpaired) electrons. The van der Waals surface area contributed by atoms with Crippen LogP contribution in [-0.2, 0) is 20.8 Å².